The van der Waals surface area contributed by atoms with E-state index in [-0.39, 0.29) is 5.56 Å². The predicted molar refractivity (Wildman–Crippen MR) is 102 cm³/mol. The van der Waals surface area contributed by atoms with Gasteiger partial charge in [-0.05, 0) is 24.3 Å². The van der Waals surface area contributed by atoms with Gasteiger partial charge in [-0.1, -0.05) is 23.4 Å². The van der Waals surface area contributed by atoms with Gasteiger partial charge in [-0.15, -0.1) is 10.2 Å². The Balaban J connectivity index is 1.59. The molecule has 27 heavy (non-hydrogen) atoms. The summed E-state index contributed by atoms with van der Waals surface area (Å²) in [5.74, 6) is 1.14. The van der Waals surface area contributed by atoms with Crippen LogP contribution in [0.1, 0.15) is 11.3 Å². The van der Waals surface area contributed by atoms with E-state index in [1.54, 1.807) is 12.1 Å². The number of hydrogen-bond acceptors (Lipinski definition) is 6. The van der Waals surface area contributed by atoms with Gasteiger partial charge in [0.1, 0.15) is 11.6 Å². The molecule has 0 saturated carbocycles. The van der Waals surface area contributed by atoms with E-state index in [1.807, 2.05) is 29.8 Å². The molecule has 3 heterocycles. The fraction of sp³-hybridized carbons (Fsp3) is 0.118. The van der Waals surface area contributed by atoms with Gasteiger partial charge in [-0.2, -0.15) is 5.26 Å². The molecule has 0 radical (unpaired) electrons. The first-order valence-corrected chi connectivity index (χ1v) is 9.21. The van der Waals surface area contributed by atoms with Gasteiger partial charge < -0.3 is 4.57 Å². The van der Waals surface area contributed by atoms with Crippen LogP contribution >= 0.6 is 23.4 Å². The molecule has 4 rings (SSSR count). The van der Waals surface area contributed by atoms with E-state index < -0.39 is 0 Å². The molecule has 0 aliphatic rings. The Labute approximate surface area is 162 Å². The third kappa shape index (κ3) is 3.20. The number of aromatic nitrogens is 6. The number of nitrogens with one attached hydrogen (secondary N) is 1. The molecule has 0 spiro atoms. The summed E-state index contributed by atoms with van der Waals surface area (Å²) in [5.41, 5.74) is 1.85. The van der Waals surface area contributed by atoms with Crippen molar-refractivity contribution in [2.24, 2.45) is 7.05 Å². The fourth-order valence-corrected chi connectivity index (χ4v) is 3.54. The Hall–Kier alpha value is -3.09. The first kappa shape index (κ1) is 17.3. The maximum absolute atomic E-state index is 12.2. The molecule has 0 atom stereocenters. The minimum Gasteiger partial charge on any atom is -0.305 e. The molecule has 0 aliphatic carbocycles. The van der Waals surface area contributed by atoms with Crippen LogP contribution in [0, 0.1) is 11.3 Å². The van der Waals surface area contributed by atoms with Crippen molar-refractivity contribution in [3.63, 3.8) is 0 Å². The normalized spacial score (nSPS) is 11.0. The number of fused-ring (bicyclic) bond motifs is 1. The summed E-state index contributed by atoms with van der Waals surface area (Å²) in [6.45, 7) is 0. The lowest BCUT2D eigenvalue weighted by molar-refractivity contribution is 0.793. The van der Waals surface area contributed by atoms with Crippen LogP contribution < -0.4 is 5.56 Å². The molecule has 1 N–H and O–H groups in total. The number of halogens is 1. The van der Waals surface area contributed by atoms with Crippen LogP contribution in [0.25, 0.3) is 17.0 Å². The molecule has 10 heteroatoms. The van der Waals surface area contributed by atoms with Gasteiger partial charge in [0.05, 0.1) is 5.69 Å². The van der Waals surface area contributed by atoms with E-state index in [2.05, 4.69) is 20.3 Å². The number of benzene rings is 1. The quantitative estimate of drug-likeness (QED) is 0.531. The summed E-state index contributed by atoms with van der Waals surface area (Å²) in [6.07, 6.45) is 1.46. The predicted octanol–water partition coefficient (Wildman–Crippen LogP) is 2.64. The van der Waals surface area contributed by atoms with Crippen LogP contribution in [-0.4, -0.2) is 29.4 Å². The number of hydrogen-bond donors (Lipinski definition) is 1. The summed E-state index contributed by atoms with van der Waals surface area (Å²) in [6, 6.07) is 10.8. The summed E-state index contributed by atoms with van der Waals surface area (Å²) >= 11 is 7.34. The van der Waals surface area contributed by atoms with Gasteiger partial charge >= 0.3 is 0 Å². The van der Waals surface area contributed by atoms with Crippen molar-refractivity contribution >= 4 is 29.0 Å². The molecular formula is C17H12ClN7OS. The van der Waals surface area contributed by atoms with Crippen molar-refractivity contribution in [1.82, 2.24) is 29.4 Å². The molecule has 3 aromatic heterocycles. The number of aromatic amines is 1. The largest absolute Gasteiger partial charge is 0.305 e. The van der Waals surface area contributed by atoms with Crippen molar-refractivity contribution in [3.8, 4) is 17.5 Å². The van der Waals surface area contributed by atoms with Crippen LogP contribution in [0.5, 0.6) is 0 Å². The van der Waals surface area contributed by atoms with Gasteiger partial charge in [0.2, 0.25) is 0 Å². The average Bonchev–Trinajstić information content (AvgIpc) is 3.24. The van der Waals surface area contributed by atoms with Gasteiger partial charge in [0.25, 0.3) is 5.56 Å². The number of rotatable bonds is 4. The zero-order valence-electron chi connectivity index (χ0n) is 14.0. The van der Waals surface area contributed by atoms with E-state index in [1.165, 1.54) is 28.5 Å². The van der Waals surface area contributed by atoms with Gasteiger partial charge in [-0.25, -0.2) is 9.50 Å². The van der Waals surface area contributed by atoms with Gasteiger partial charge in [-0.3, -0.25) is 9.89 Å². The second-order valence-electron chi connectivity index (χ2n) is 5.70. The molecule has 0 bridgehead atoms. The second kappa shape index (κ2) is 6.90. The van der Waals surface area contributed by atoms with Crippen LogP contribution in [0.15, 0.2) is 46.5 Å². The minimum absolute atomic E-state index is 0.267. The molecule has 8 nitrogen and oxygen atoms in total. The Kier molecular flexibility index (Phi) is 4.43. The van der Waals surface area contributed by atoms with Gasteiger partial charge in [0, 0.05) is 35.6 Å². The lowest BCUT2D eigenvalue weighted by Gasteiger charge is -2.04. The molecule has 0 fully saturated rings. The number of nitriles is 1. The smallest absolute Gasteiger partial charge is 0.272 e. The molecule has 0 saturated heterocycles. The minimum atomic E-state index is -0.267. The number of H-pyrrole nitrogens is 1. The molecule has 134 valence electrons. The number of nitrogens with zero attached hydrogens (tertiary/aromatic N) is 6. The van der Waals surface area contributed by atoms with E-state index >= 15 is 0 Å². The monoisotopic (exact) mass is 397 g/mol. The highest BCUT2D eigenvalue weighted by Gasteiger charge is 2.13. The van der Waals surface area contributed by atoms with E-state index in [9.17, 15) is 4.79 Å². The number of thioether (sulfide) groups is 1. The topological polar surface area (TPSA) is 105 Å². The zero-order valence-corrected chi connectivity index (χ0v) is 15.6. The molecular weight excluding hydrogens is 386 g/mol. The van der Waals surface area contributed by atoms with Crippen molar-refractivity contribution in [1.29, 1.82) is 5.26 Å². The fourth-order valence-electron chi connectivity index (χ4n) is 2.61. The van der Waals surface area contributed by atoms with Crippen molar-refractivity contribution in [2.45, 2.75) is 10.9 Å². The average molecular weight is 398 g/mol. The third-order valence-electron chi connectivity index (χ3n) is 3.96. The molecule has 0 aliphatic heterocycles. The van der Waals surface area contributed by atoms with Crippen LogP contribution in [0.2, 0.25) is 5.02 Å². The maximum atomic E-state index is 12.2. The maximum Gasteiger partial charge on any atom is 0.272 e. The van der Waals surface area contributed by atoms with Crippen molar-refractivity contribution in [3.05, 3.63) is 63.2 Å². The molecule has 1 aromatic carbocycles. The molecule has 4 aromatic rings. The molecule has 0 unspecified atom stereocenters. The summed E-state index contributed by atoms with van der Waals surface area (Å²) < 4.78 is 3.12. The summed E-state index contributed by atoms with van der Waals surface area (Å²) in [7, 11) is 1.87. The second-order valence-corrected chi connectivity index (χ2v) is 7.08. The van der Waals surface area contributed by atoms with E-state index in [4.69, 9.17) is 16.9 Å². The SMILES string of the molecule is Cn1c(SCc2cc(=O)n3[nH]cc(C#N)c3n2)nnc1-c1ccc(Cl)cc1. The highest BCUT2D eigenvalue weighted by atomic mass is 35.5. The summed E-state index contributed by atoms with van der Waals surface area (Å²) in [4.78, 5) is 16.6. The van der Waals surface area contributed by atoms with Crippen LogP contribution in [0.3, 0.4) is 0 Å². The lowest BCUT2D eigenvalue weighted by atomic mass is 10.2. The Morgan fingerprint density at radius 3 is 2.81 bits per heavy atom. The standard InChI is InChI=1S/C17H12ClN7OS/c1-24-16(10-2-4-12(18)5-3-10)22-23-17(24)27-9-13-6-14(26)25-15(21-13)11(7-19)8-20-25/h2-6,8,20H,9H2,1H3. The van der Waals surface area contributed by atoms with Crippen LogP contribution in [0.4, 0.5) is 0 Å². The summed E-state index contributed by atoms with van der Waals surface area (Å²) in [5, 5.41) is 21.6. The highest BCUT2D eigenvalue weighted by molar-refractivity contribution is 7.98. The van der Waals surface area contributed by atoms with Crippen LogP contribution in [-0.2, 0) is 12.8 Å². The Morgan fingerprint density at radius 2 is 2.07 bits per heavy atom. The lowest BCUT2D eigenvalue weighted by Crippen LogP contribution is -2.15. The first-order chi connectivity index (χ1) is 13.1. The highest BCUT2D eigenvalue weighted by Crippen LogP contribution is 2.25. The van der Waals surface area contributed by atoms with E-state index in [0.29, 0.717) is 32.8 Å². The van der Waals surface area contributed by atoms with Crippen molar-refractivity contribution in [2.75, 3.05) is 0 Å². The van der Waals surface area contributed by atoms with Crippen molar-refractivity contribution < 1.29 is 0 Å². The Morgan fingerprint density at radius 1 is 1.30 bits per heavy atom. The first-order valence-electron chi connectivity index (χ1n) is 7.85. The molecule has 0 amide bonds. The van der Waals surface area contributed by atoms with E-state index in [0.717, 1.165) is 11.4 Å². The Bertz CT molecular complexity index is 1230. The third-order valence-corrected chi connectivity index (χ3v) is 5.26. The van der Waals surface area contributed by atoms with Gasteiger partial charge in [0.15, 0.2) is 16.6 Å². The zero-order chi connectivity index (χ0) is 19.0.